The highest BCUT2D eigenvalue weighted by Crippen LogP contribution is 2.21. The Morgan fingerprint density at radius 1 is 1.29 bits per heavy atom. The molecule has 0 saturated heterocycles. The number of anilines is 2. The van der Waals surface area contributed by atoms with Crippen LogP contribution in [0.15, 0.2) is 34.9 Å². The summed E-state index contributed by atoms with van der Waals surface area (Å²) in [6.45, 7) is 6.68. The summed E-state index contributed by atoms with van der Waals surface area (Å²) in [5, 5.41) is 6.04. The molecule has 2 N–H and O–H groups in total. The first-order valence-electron chi connectivity index (χ1n) is 6.79. The molecule has 0 unspecified atom stereocenters. The molecule has 0 spiro atoms. The van der Waals surface area contributed by atoms with Gasteiger partial charge in [0.1, 0.15) is 5.82 Å². The smallest absolute Gasteiger partial charge is 0.259 e. The lowest BCUT2D eigenvalue weighted by molar-refractivity contribution is 0.102. The third-order valence-corrected chi connectivity index (χ3v) is 3.51. The van der Waals surface area contributed by atoms with Crippen LogP contribution in [0.5, 0.6) is 0 Å². The summed E-state index contributed by atoms with van der Waals surface area (Å²) in [5.41, 5.74) is 3.54. The zero-order valence-corrected chi connectivity index (χ0v) is 13.9. The van der Waals surface area contributed by atoms with Crippen molar-refractivity contribution in [3.05, 3.63) is 51.6 Å². The van der Waals surface area contributed by atoms with Crippen LogP contribution in [0.4, 0.5) is 11.5 Å². The third kappa shape index (κ3) is 3.82. The number of aromatic nitrogens is 1. The Hall–Kier alpha value is -1.88. The molecule has 0 aliphatic carbocycles. The minimum absolute atomic E-state index is 0.174. The van der Waals surface area contributed by atoms with Crippen molar-refractivity contribution >= 4 is 33.3 Å². The molecule has 2 rings (SSSR count). The van der Waals surface area contributed by atoms with Crippen molar-refractivity contribution in [3.63, 3.8) is 0 Å². The number of amides is 1. The molecule has 0 fully saturated rings. The molecule has 1 amide bonds. The Balaban J connectivity index is 2.29. The van der Waals surface area contributed by atoms with E-state index in [1.807, 2.05) is 39.0 Å². The summed E-state index contributed by atoms with van der Waals surface area (Å²) in [6, 6.07) is 7.71. The van der Waals surface area contributed by atoms with Crippen molar-refractivity contribution in [1.29, 1.82) is 0 Å². The van der Waals surface area contributed by atoms with Crippen LogP contribution in [0, 0.1) is 13.8 Å². The molecule has 21 heavy (non-hydrogen) atoms. The van der Waals surface area contributed by atoms with E-state index in [4.69, 9.17) is 0 Å². The molecule has 0 aliphatic rings. The van der Waals surface area contributed by atoms with Gasteiger partial charge >= 0.3 is 0 Å². The van der Waals surface area contributed by atoms with Crippen molar-refractivity contribution < 1.29 is 4.79 Å². The van der Waals surface area contributed by atoms with Crippen molar-refractivity contribution in [3.8, 4) is 0 Å². The zero-order valence-electron chi connectivity index (χ0n) is 12.3. The van der Waals surface area contributed by atoms with Gasteiger partial charge in [-0.05, 0) is 54.4 Å². The van der Waals surface area contributed by atoms with E-state index in [0.717, 1.165) is 15.7 Å². The lowest BCUT2D eigenvalue weighted by Crippen LogP contribution is -2.16. The number of aryl methyl sites for hydroxylation is 2. The quantitative estimate of drug-likeness (QED) is 0.873. The van der Waals surface area contributed by atoms with Crippen LogP contribution in [0.1, 0.15) is 28.4 Å². The van der Waals surface area contributed by atoms with Gasteiger partial charge < -0.3 is 10.6 Å². The highest BCUT2D eigenvalue weighted by atomic mass is 79.9. The van der Waals surface area contributed by atoms with E-state index in [1.165, 1.54) is 5.56 Å². The second-order valence-corrected chi connectivity index (χ2v) is 5.77. The van der Waals surface area contributed by atoms with E-state index in [-0.39, 0.29) is 5.91 Å². The average molecular weight is 348 g/mol. The third-order valence-electron chi connectivity index (χ3n) is 3.07. The van der Waals surface area contributed by atoms with E-state index < -0.39 is 0 Å². The molecule has 1 heterocycles. The van der Waals surface area contributed by atoms with Crippen molar-refractivity contribution in [2.75, 3.05) is 17.2 Å². The number of hydrogen-bond acceptors (Lipinski definition) is 3. The number of nitrogens with one attached hydrogen (secondary N) is 2. The molecule has 0 radical (unpaired) electrons. The maximum Gasteiger partial charge on any atom is 0.259 e. The minimum atomic E-state index is -0.174. The van der Waals surface area contributed by atoms with Gasteiger partial charge in [-0.1, -0.05) is 17.7 Å². The summed E-state index contributed by atoms with van der Waals surface area (Å²) in [7, 11) is 0. The number of halogens is 1. The molecular formula is C16H18BrN3O. The average Bonchev–Trinajstić information content (AvgIpc) is 2.44. The van der Waals surface area contributed by atoms with Crippen molar-refractivity contribution in [1.82, 2.24) is 4.98 Å². The Morgan fingerprint density at radius 3 is 2.71 bits per heavy atom. The van der Waals surface area contributed by atoms with E-state index in [1.54, 1.807) is 12.3 Å². The molecule has 0 aliphatic heterocycles. The van der Waals surface area contributed by atoms with Crippen LogP contribution in [0.3, 0.4) is 0 Å². The van der Waals surface area contributed by atoms with E-state index in [2.05, 4.69) is 31.5 Å². The SMILES string of the molecule is CCNc1ncc(Br)cc1C(=O)Nc1ccc(C)cc1C. The van der Waals surface area contributed by atoms with Gasteiger partial charge in [0.15, 0.2) is 0 Å². The topological polar surface area (TPSA) is 54.0 Å². The first-order chi connectivity index (χ1) is 10.0. The molecule has 1 aromatic heterocycles. The fraction of sp³-hybridized carbons (Fsp3) is 0.250. The lowest BCUT2D eigenvalue weighted by atomic mass is 10.1. The largest absolute Gasteiger partial charge is 0.370 e. The zero-order chi connectivity index (χ0) is 15.4. The van der Waals surface area contributed by atoms with Gasteiger partial charge in [0.25, 0.3) is 5.91 Å². The molecule has 110 valence electrons. The van der Waals surface area contributed by atoms with Crippen molar-refractivity contribution in [2.45, 2.75) is 20.8 Å². The molecule has 4 nitrogen and oxygen atoms in total. The Kier molecular flexibility index (Phi) is 4.96. The van der Waals surface area contributed by atoms with Gasteiger partial charge in [-0.15, -0.1) is 0 Å². The summed E-state index contributed by atoms with van der Waals surface area (Å²) in [4.78, 5) is 16.7. The lowest BCUT2D eigenvalue weighted by Gasteiger charge is -2.12. The predicted molar refractivity (Wildman–Crippen MR) is 90.0 cm³/mol. The number of rotatable bonds is 4. The van der Waals surface area contributed by atoms with E-state index in [0.29, 0.717) is 17.9 Å². The van der Waals surface area contributed by atoms with Gasteiger partial charge in [-0.2, -0.15) is 0 Å². The Morgan fingerprint density at radius 2 is 2.05 bits per heavy atom. The van der Waals surface area contributed by atoms with Gasteiger partial charge in [-0.25, -0.2) is 4.98 Å². The van der Waals surface area contributed by atoms with Gasteiger partial charge in [0.05, 0.1) is 5.56 Å². The first-order valence-corrected chi connectivity index (χ1v) is 7.58. The maximum absolute atomic E-state index is 12.5. The van der Waals surface area contributed by atoms with Gasteiger partial charge in [0.2, 0.25) is 0 Å². The second kappa shape index (κ2) is 6.72. The molecule has 0 bridgehead atoms. The summed E-state index contributed by atoms with van der Waals surface area (Å²) in [5.74, 6) is 0.412. The molecular weight excluding hydrogens is 330 g/mol. The normalized spacial score (nSPS) is 10.3. The Bertz CT molecular complexity index is 671. The van der Waals surface area contributed by atoms with Crippen LogP contribution in [-0.2, 0) is 0 Å². The molecule has 1 aromatic carbocycles. The van der Waals surface area contributed by atoms with Crippen LogP contribution in [-0.4, -0.2) is 17.4 Å². The minimum Gasteiger partial charge on any atom is -0.370 e. The molecule has 5 heteroatoms. The van der Waals surface area contributed by atoms with E-state index in [9.17, 15) is 4.79 Å². The van der Waals surface area contributed by atoms with Crippen molar-refractivity contribution in [2.24, 2.45) is 0 Å². The standard InChI is InChI=1S/C16H18BrN3O/c1-4-18-15-13(8-12(17)9-19-15)16(21)20-14-6-5-10(2)7-11(14)3/h5-9H,4H2,1-3H3,(H,18,19)(H,20,21). The van der Waals surface area contributed by atoms with Crippen LogP contribution in [0.2, 0.25) is 0 Å². The maximum atomic E-state index is 12.5. The monoisotopic (exact) mass is 347 g/mol. The van der Waals surface area contributed by atoms with Gasteiger partial charge in [0, 0.05) is 22.9 Å². The summed E-state index contributed by atoms with van der Waals surface area (Å²) in [6.07, 6.45) is 1.67. The predicted octanol–water partition coefficient (Wildman–Crippen LogP) is 4.15. The van der Waals surface area contributed by atoms with Gasteiger partial charge in [-0.3, -0.25) is 4.79 Å². The summed E-state index contributed by atoms with van der Waals surface area (Å²) < 4.78 is 0.773. The van der Waals surface area contributed by atoms with Crippen LogP contribution in [0.25, 0.3) is 0 Å². The van der Waals surface area contributed by atoms with Crippen LogP contribution >= 0.6 is 15.9 Å². The first kappa shape index (κ1) is 15.5. The second-order valence-electron chi connectivity index (χ2n) is 4.85. The highest BCUT2D eigenvalue weighted by molar-refractivity contribution is 9.10. The number of nitrogens with zero attached hydrogens (tertiary/aromatic N) is 1. The number of carbonyl (C=O) groups is 1. The van der Waals surface area contributed by atoms with Crippen LogP contribution < -0.4 is 10.6 Å². The number of pyridine rings is 1. The summed E-state index contributed by atoms with van der Waals surface area (Å²) >= 11 is 3.35. The highest BCUT2D eigenvalue weighted by Gasteiger charge is 2.14. The molecule has 0 atom stereocenters. The molecule has 2 aromatic rings. The number of hydrogen-bond donors (Lipinski definition) is 2. The number of benzene rings is 1. The van der Waals surface area contributed by atoms with E-state index >= 15 is 0 Å². The fourth-order valence-corrected chi connectivity index (χ4v) is 2.40. The Labute approximate surface area is 133 Å². The number of carbonyl (C=O) groups excluding carboxylic acids is 1. The fourth-order valence-electron chi connectivity index (χ4n) is 2.06. The molecule has 0 saturated carbocycles.